The predicted molar refractivity (Wildman–Crippen MR) is 96.5 cm³/mol. The van der Waals surface area contributed by atoms with Crippen molar-refractivity contribution >= 4 is 45.4 Å². The number of pyridine rings is 1. The second-order valence-electron chi connectivity index (χ2n) is 5.08. The molecule has 0 saturated heterocycles. The Bertz CT molecular complexity index is 869. The molecule has 1 amide bonds. The maximum absolute atomic E-state index is 11.6. The average molecular weight is 323 g/mol. The van der Waals surface area contributed by atoms with Crippen LogP contribution in [0.2, 0.25) is 0 Å². The summed E-state index contributed by atoms with van der Waals surface area (Å²) in [6.07, 6.45) is 3.86. The number of hydrogen-bond donors (Lipinski definition) is 0. The Morgan fingerprint density at radius 2 is 1.91 bits per heavy atom. The fourth-order valence-corrected chi connectivity index (χ4v) is 3.22. The van der Waals surface area contributed by atoms with E-state index in [-0.39, 0.29) is 5.91 Å². The molecule has 0 aliphatic carbocycles. The van der Waals surface area contributed by atoms with Crippen LogP contribution in [0.25, 0.3) is 23.1 Å². The van der Waals surface area contributed by atoms with Crippen molar-refractivity contribution in [3.8, 4) is 0 Å². The molecule has 3 aromatic rings. The molecule has 0 atom stereocenters. The molecule has 1 aromatic carbocycles. The Kier molecular flexibility index (Phi) is 4.48. The van der Waals surface area contributed by atoms with Gasteiger partial charge in [-0.1, -0.05) is 24.3 Å². The van der Waals surface area contributed by atoms with E-state index in [0.29, 0.717) is 6.54 Å². The van der Waals surface area contributed by atoms with Gasteiger partial charge in [-0.3, -0.25) is 9.69 Å². The van der Waals surface area contributed by atoms with Crippen LogP contribution in [0.1, 0.15) is 25.2 Å². The van der Waals surface area contributed by atoms with Gasteiger partial charge in [-0.15, -0.1) is 11.3 Å². The number of fused-ring (bicyclic) bond motifs is 1. The Balaban J connectivity index is 1.81. The number of rotatable bonds is 4. The maximum atomic E-state index is 11.6. The summed E-state index contributed by atoms with van der Waals surface area (Å²) < 4.78 is 0. The lowest BCUT2D eigenvalue weighted by Gasteiger charge is -2.14. The molecule has 0 unspecified atom stereocenters. The molecular formula is C18H17N3OS. The SMILES string of the molecule is CCN(C(C)=O)c1nc(C=Cc2ccc3ccccc3n2)cs1. The number of carbonyl (C=O) groups is 1. The van der Waals surface area contributed by atoms with E-state index < -0.39 is 0 Å². The van der Waals surface area contributed by atoms with Gasteiger partial charge in [0, 0.05) is 24.2 Å². The summed E-state index contributed by atoms with van der Waals surface area (Å²) in [7, 11) is 0. The lowest BCUT2D eigenvalue weighted by Crippen LogP contribution is -2.27. The fraction of sp³-hybridized carbons (Fsp3) is 0.167. The molecular weight excluding hydrogens is 306 g/mol. The van der Waals surface area contributed by atoms with Crippen LogP contribution in [0.5, 0.6) is 0 Å². The largest absolute Gasteiger partial charge is 0.289 e. The number of hydrogen-bond acceptors (Lipinski definition) is 4. The summed E-state index contributed by atoms with van der Waals surface area (Å²) in [5.74, 6) is 0.00794. The van der Waals surface area contributed by atoms with Crippen LogP contribution in [0.3, 0.4) is 0 Å². The van der Waals surface area contributed by atoms with Crippen LogP contribution in [0.15, 0.2) is 41.8 Å². The Morgan fingerprint density at radius 3 is 2.70 bits per heavy atom. The van der Waals surface area contributed by atoms with E-state index in [2.05, 4.69) is 16.0 Å². The van der Waals surface area contributed by atoms with Crippen LogP contribution in [0.4, 0.5) is 5.13 Å². The Hall–Kier alpha value is -2.53. The Morgan fingerprint density at radius 1 is 1.13 bits per heavy atom. The van der Waals surface area contributed by atoms with Gasteiger partial charge in [0.05, 0.1) is 16.9 Å². The molecule has 0 fully saturated rings. The molecule has 2 aromatic heterocycles. The van der Waals surface area contributed by atoms with E-state index in [9.17, 15) is 4.79 Å². The van der Waals surface area contributed by atoms with Crippen molar-refractivity contribution in [2.75, 3.05) is 11.4 Å². The quantitative estimate of drug-likeness (QED) is 0.721. The Labute approximate surface area is 139 Å². The van der Waals surface area contributed by atoms with Gasteiger partial charge in [0.25, 0.3) is 0 Å². The fourth-order valence-electron chi connectivity index (χ4n) is 2.31. The molecule has 116 valence electrons. The summed E-state index contributed by atoms with van der Waals surface area (Å²) >= 11 is 1.47. The topological polar surface area (TPSA) is 46.1 Å². The van der Waals surface area contributed by atoms with E-state index >= 15 is 0 Å². The third-order valence-corrected chi connectivity index (χ3v) is 4.36. The molecule has 3 rings (SSSR count). The first-order valence-electron chi connectivity index (χ1n) is 7.45. The van der Waals surface area contributed by atoms with Gasteiger partial charge in [-0.05, 0) is 31.2 Å². The van der Waals surface area contributed by atoms with Crippen molar-refractivity contribution in [3.05, 3.63) is 53.2 Å². The van der Waals surface area contributed by atoms with Crippen molar-refractivity contribution in [1.82, 2.24) is 9.97 Å². The van der Waals surface area contributed by atoms with Crippen molar-refractivity contribution < 1.29 is 4.79 Å². The molecule has 2 heterocycles. The molecule has 5 heteroatoms. The van der Waals surface area contributed by atoms with E-state index in [4.69, 9.17) is 0 Å². The van der Waals surface area contributed by atoms with E-state index in [0.717, 1.165) is 27.4 Å². The number of thiazole rings is 1. The number of amides is 1. The summed E-state index contributed by atoms with van der Waals surface area (Å²) in [4.78, 5) is 22.3. The molecule has 0 N–H and O–H groups in total. The number of anilines is 1. The molecule has 0 aliphatic heterocycles. The van der Waals surface area contributed by atoms with E-state index in [1.54, 1.807) is 11.8 Å². The minimum Gasteiger partial charge on any atom is -0.289 e. The van der Waals surface area contributed by atoms with Crippen molar-refractivity contribution in [3.63, 3.8) is 0 Å². The second kappa shape index (κ2) is 6.71. The van der Waals surface area contributed by atoms with Crippen LogP contribution in [-0.2, 0) is 4.79 Å². The number of carbonyl (C=O) groups excluding carboxylic acids is 1. The van der Waals surface area contributed by atoms with E-state index in [1.165, 1.54) is 11.3 Å². The predicted octanol–water partition coefficient (Wildman–Crippen LogP) is 4.23. The highest BCUT2D eigenvalue weighted by Gasteiger charge is 2.12. The van der Waals surface area contributed by atoms with Gasteiger partial charge in [0.15, 0.2) is 5.13 Å². The van der Waals surface area contributed by atoms with Gasteiger partial charge in [0.2, 0.25) is 5.91 Å². The lowest BCUT2D eigenvalue weighted by atomic mass is 10.2. The zero-order valence-corrected chi connectivity index (χ0v) is 13.9. The molecule has 0 saturated carbocycles. The van der Waals surface area contributed by atoms with Gasteiger partial charge in [-0.2, -0.15) is 0 Å². The molecule has 0 radical (unpaired) electrons. The lowest BCUT2D eigenvalue weighted by molar-refractivity contribution is -0.116. The summed E-state index contributed by atoms with van der Waals surface area (Å²) in [6.45, 7) is 4.12. The van der Waals surface area contributed by atoms with E-state index in [1.807, 2.05) is 54.8 Å². The number of para-hydroxylation sites is 1. The molecule has 4 nitrogen and oxygen atoms in total. The van der Waals surface area contributed by atoms with Crippen LogP contribution >= 0.6 is 11.3 Å². The third-order valence-electron chi connectivity index (χ3n) is 3.48. The highest BCUT2D eigenvalue weighted by atomic mass is 32.1. The highest BCUT2D eigenvalue weighted by molar-refractivity contribution is 7.14. The molecule has 0 aliphatic rings. The zero-order chi connectivity index (χ0) is 16.2. The van der Waals surface area contributed by atoms with Gasteiger partial charge >= 0.3 is 0 Å². The molecule has 23 heavy (non-hydrogen) atoms. The summed E-state index contributed by atoms with van der Waals surface area (Å²) in [6, 6.07) is 12.1. The standard InChI is InChI=1S/C18H17N3OS/c1-3-21(13(2)22)18-20-16(12-23-18)11-10-15-9-8-14-6-4-5-7-17(14)19-15/h4-12H,3H2,1-2H3. The smallest absolute Gasteiger partial charge is 0.225 e. The third kappa shape index (κ3) is 3.46. The number of benzene rings is 1. The monoisotopic (exact) mass is 323 g/mol. The number of nitrogens with zero attached hydrogens (tertiary/aromatic N) is 3. The zero-order valence-electron chi connectivity index (χ0n) is 13.1. The normalized spacial score (nSPS) is 11.2. The first kappa shape index (κ1) is 15.4. The maximum Gasteiger partial charge on any atom is 0.225 e. The average Bonchev–Trinajstić information content (AvgIpc) is 3.01. The number of aromatic nitrogens is 2. The van der Waals surface area contributed by atoms with Gasteiger partial charge < -0.3 is 0 Å². The van der Waals surface area contributed by atoms with Crippen LogP contribution in [0, 0.1) is 0 Å². The summed E-state index contributed by atoms with van der Waals surface area (Å²) in [5, 5.41) is 3.80. The molecule has 0 spiro atoms. The van der Waals surface area contributed by atoms with Crippen molar-refractivity contribution in [2.45, 2.75) is 13.8 Å². The molecule has 0 bridgehead atoms. The van der Waals surface area contributed by atoms with Gasteiger partial charge in [-0.25, -0.2) is 9.97 Å². The second-order valence-corrected chi connectivity index (χ2v) is 5.92. The van der Waals surface area contributed by atoms with Crippen molar-refractivity contribution in [1.29, 1.82) is 0 Å². The minimum atomic E-state index is 0.00794. The first-order chi connectivity index (χ1) is 11.2. The van der Waals surface area contributed by atoms with Crippen molar-refractivity contribution in [2.24, 2.45) is 0 Å². The van der Waals surface area contributed by atoms with Crippen LogP contribution < -0.4 is 4.90 Å². The summed E-state index contributed by atoms with van der Waals surface area (Å²) in [5.41, 5.74) is 2.69. The minimum absolute atomic E-state index is 0.00794. The van der Waals surface area contributed by atoms with Gasteiger partial charge in [0.1, 0.15) is 0 Å². The van der Waals surface area contributed by atoms with Crippen LogP contribution in [-0.4, -0.2) is 22.4 Å². The highest BCUT2D eigenvalue weighted by Crippen LogP contribution is 2.22. The first-order valence-corrected chi connectivity index (χ1v) is 8.33.